The highest BCUT2D eigenvalue weighted by Gasteiger charge is 2.53. The second-order valence-corrected chi connectivity index (χ2v) is 5.09. The Kier molecular flexibility index (Phi) is 2.86. The molecule has 2 fully saturated rings. The number of Topliss-reactive ketones (excluding diaryl/α,β-unsaturated/α-hetero) is 1. The minimum absolute atomic E-state index is 0.0130. The topological polar surface area (TPSA) is 35.5 Å². The second kappa shape index (κ2) is 3.87. The molecule has 0 radical (unpaired) electrons. The van der Waals surface area contributed by atoms with Gasteiger partial charge in [0.1, 0.15) is 6.10 Å². The first-order chi connectivity index (χ1) is 7.03. The normalized spacial score (nSPS) is 38.3. The third kappa shape index (κ3) is 2.08. The van der Waals surface area contributed by atoms with Gasteiger partial charge in [-0.05, 0) is 26.2 Å². The molecule has 0 aromatic rings. The zero-order valence-corrected chi connectivity index (χ0v) is 9.79. The Balaban J connectivity index is 2.02. The summed E-state index contributed by atoms with van der Waals surface area (Å²) in [5, 5.41) is 0. The van der Waals surface area contributed by atoms with Gasteiger partial charge in [0.05, 0.1) is 6.10 Å². The van der Waals surface area contributed by atoms with Crippen molar-refractivity contribution in [1.29, 1.82) is 0 Å². The van der Waals surface area contributed by atoms with Crippen molar-refractivity contribution in [2.75, 3.05) is 0 Å². The fraction of sp³-hybridized carbons (Fsp3) is 0.917. The van der Waals surface area contributed by atoms with Crippen molar-refractivity contribution in [2.24, 2.45) is 5.92 Å². The molecule has 0 spiro atoms. The predicted octanol–water partition coefficient (Wildman–Crippen LogP) is 2.29. The van der Waals surface area contributed by atoms with E-state index in [1.807, 2.05) is 13.8 Å². The van der Waals surface area contributed by atoms with Gasteiger partial charge in [-0.25, -0.2) is 0 Å². The summed E-state index contributed by atoms with van der Waals surface area (Å²) in [6.45, 7) is 5.94. The largest absolute Gasteiger partial charge is 0.344 e. The van der Waals surface area contributed by atoms with Gasteiger partial charge in [-0.3, -0.25) is 4.79 Å². The van der Waals surface area contributed by atoms with Crippen LogP contribution in [0, 0.1) is 5.92 Å². The summed E-state index contributed by atoms with van der Waals surface area (Å²) in [5.41, 5.74) is 0. The van der Waals surface area contributed by atoms with E-state index in [1.54, 1.807) is 0 Å². The predicted molar refractivity (Wildman–Crippen MR) is 56.5 cm³/mol. The molecule has 0 aromatic heterocycles. The zero-order valence-electron chi connectivity index (χ0n) is 9.79. The van der Waals surface area contributed by atoms with Crippen LogP contribution < -0.4 is 0 Å². The number of hydrogen-bond acceptors (Lipinski definition) is 3. The van der Waals surface area contributed by atoms with Crippen LogP contribution in [-0.2, 0) is 14.3 Å². The first-order valence-electron chi connectivity index (χ1n) is 5.92. The lowest BCUT2D eigenvalue weighted by Gasteiger charge is -2.21. The first kappa shape index (κ1) is 11.1. The number of ether oxygens (including phenoxy) is 2. The molecule has 2 rings (SSSR count). The van der Waals surface area contributed by atoms with Crippen molar-refractivity contribution in [1.82, 2.24) is 0 Å². The molecule has 1 aliphatic heterocycles. The Bertz CT molecular complexity index is 260. The maximum absolute atomic E-state index is 11.7. The zero-order chi connectivity index (χ0) is 11.1. The van der Waals surface area contributed by atoms with Crippen molar-refractivity contribution in [2.45, 2.75) is 64.4 Å². The van der Waals surface area contributed by atoms with Crippen molar-refractivity contribution in [3.63, 3.8) is 0 Å². The Hall–Kier alpha value is -0.410. The third-order valence-electron chi connectivity index (χ3n) is 3.30. The standard InChI is InChI=1S/C12H20O3/c1-4-5-6-8-7-9(13)11-10(8)14-12(2,3)15-11/h8,10-11H,4-7H2,1-3H3/t8-,10+,11-/m1/s1. The maximum Gasteiger partial charge on any atom is 0.164 e. The van der Waals surface area contributed by atoms with Gasteiger partial charge >= 0.3 is 0 Å². The number of carbonyl (C=O) groups is 1. The van der Waals surface area contributed by atoms with Gasteiger partial charge in [0, 0.05) is 6.42 Å². The van der Waals surface area contributed by atoms with Gasteiger partial charge in [-0.1, -0.05) is 19.8 Å². The average molecular weight is 212 g/mol. The molecule has 1 aliphatic carbocycles. The molecule has 1 heterocycles. The molecule has 0 amide bonds. The summed E-state index contributed by atoms with van der Waals surface area (Å²) in [4.78, 5) is 11.7. The summed E-state index contributed by atoms with van der Waals surface area (Å²) in [6.07, 6.45) is 3.80. The summed E-state index contributed by atoms with van der Waals surface area (Å²) in [6, 6.07) is 0. The van der Waals surface area contributed by atoms with E-state index < -0.39 is 5.79 Å². The minimum atomic E-state index is -0.574. The molecule has 2 aliphatic rings. The van der Waals surface area contributed by atoms with E-state index in [4.69, 9.17) is 9.47 Å². The fourth-order valence-electron chi connectivity index (χ4n) is 2.61. The summed E-state index contributed by atoms with van der Waals surface area (Å²) < 4.78 is 11.4. The van der Waals surface area contributed by atoms with Crippen LogP contribution in [0.4, 0.5) is 0 Å². The average Bonchev–Trinajstić information content (AvgIpc) is 2.60. The van der Waals surface area contributed by atoms with Crippen LogP contribution in [0.5, 0.6) is 0 Å². The van der Waals surface area contributed by atoms with Crippen LogP contribution in [-0.4, -0.2) is 23.8 Å². The highest BCUT2D eigenvalue weighted by atomic mass is 16.8. The van der Waals surface area contributed by atoms with Crippen molar-refractivity contribution in [3.8, 4) is 0 Å². The van der Waals surface area contributed by atoms with Crippen LogP contribution >= 0.6 is 0 Å². The number of hydrogen-bond donors (Lipinski definition) is 0. The number of carbonyl (C=O) groups excluding carboxylic acids is 1. The van der Waals surface area contributed by atoms with E-state index in [9.17, 15) is 4.79 Å². The van der Waals surface area contributed by atoms with E-state index >= 15 is 0 Å². The smallest absolute Gasteiger partial charge is 0.164 e. The molecule has 1 saturated heterocycles. The van der Waals surface area contributed by atoms with Crippen LogP contribution in [0.1, 0.15) is 46.5 Å². The van der Waals surface area contributed by atoms with Crippen LogP contribution in [0.25, 0.3) is 0 Å². The van der Waals surface area contributed by atoms with Crippen LogP contribution in [0.3, 0.4) is 0 Å². The monoisotopic (exact) mass is 212 g/mol. The Morgan fingerprint density at radius 2 is 2.13 bits per heavy atom. The molecule has 0 N–H and O–H groups in total. The molecular weight excluding hydrogens is 192 g/mol. The summed E-state index contributed by atoms with van der Waals surface area (Å²) in [5.74, 6) is 0.0338. The summed E-state index contributed by atoms with van der Waals surface area (Å²) >= 11 is 0. The van der Waals surface area contributed by atoms with Crippen LogP contribution in [0.2, 0.25) is 0 Å². The SMILES string of the molecule is CCCC[C@@H]1CC(=O)[C@H]2OC(C)(C)O[C@@H]12. The highest BCUT2D eigenvalue weighted by Crippen LogP contribution is 2.41. The van der Waals surface area contributed by atoms with Gasteiger partial charge in [0.15, 0.2) is 11.6 Å². The van der Waals surface area contributed by atoms with Gasteiger partial charge in [0.25, 0.3) is 0 Å². The molecule has 0 unspecified atom stereocenters. The van der Waals surface area contributed by atoms with E-state index in [2.05, 4.69) is 6.92 Å². The lowest BCUT2D eigenvalue weighted by molar-refractivity contribution is -0.163. The van der Waals surface area contributed by atoms with Gasteiger partial charge in [-0.15, -0.1) is 0 Å². The Morgan fingerprint density at radius 1 is 1.40 bits per heavy atom. The summed E-state index contributed by atoms with van der Waals surface area (Å²) in [7, 11) is 0. The van der Waals surface area contributed by atoms with E-state index in [0.717, 1.165) is 6.42 Å². The van der Waals surface area contributed by atoms with Gasteiger partial charge < -0.3 is 9.47 Å². The molecule has 0 aromatic carbocycles. The first-order valence-corrected chi connectivity index (χ1v) is 5.92. The Labute approximate surface area is 91.1 Å². The number of ketones is 1. The molecular formula is C12H20O3. The number of fused-ring (bicyclic) bond motifs is 1. The fourth-order valence-corrected chi connectivity index (χ4v) is 2.61. The lowest BCUT2D eigenvalue weighted by atomic mass is 9.98. The molecule has 0 bridgehead atoms. The highest BCUT2D eigenvalue weighted by molar-refractivity contribution is 5.86. The maximum atomic E-state index is 11.7. The van der Waals surface area contributed by atoms with Crippen LogP contribution in [0.15, 0.2) is 0 Å². The molecule has 15 heavy (non-hydrogen) atoms. The van der Waals surface area contributed by atoms with Crippen molar-refractivity contribution in [3.05, 3.63) is 0 Å². The molecule has 3 nitrogen and oxygen atoms in total. The van der Waals surface area contributed by atoms with E-state index in [1.165, 1.54) is 12.8 Å². The molecule has 1 saturated carbocycles. The van der Waals surface area contributed by atoms with E-state index in [0.29, 0.717) is 12.3 Å². The second-order valence-electron chi connectivity index (χ2n) is 5.09. The lowest BCUT2D eigenvalue weighted by Crippen LogP contribution is -2.25. The molecule has 3 atom stereocenters. The Morgan fingerprint density at radius 3 is 2.80 bits per heavy atom. The van der Waals surface area contributed by atoms with Gasteiger partial charge in [-0.2, -0.15) is 0 Å². The number of unbranched alkanes of at least 4 members (excludes halogenated alkanes) is 1. The van der Waals surface area contributed by atoms with Crippen molar-refractivity contribution >= 4 is 5.78 Å². The molecule has 3 heteroatoms. The van der Waals surface area contributed by atoms with E-state index in [-0.39, 0.29) is 18.0 Å². The molecule has 86 valence electrons. The van der Waals surface area contributed by atoms with Crippen molar-refractivity contribution < 1.29 is 14.3 Å². The minimum Gasteiger partial charge on any atom is -0.344 e. The quantitative estimate of drug-likeness (QED) is 0.720. The van der Waals surface area contributed by atoms with Gasteiger partial charge in [0.2, 0.25) is 0 Å². The third-order valence-corrected chi connectivity index (χ3v) is 3.30. The number of rotatable bonds is 3.